The van der Waals surface area contributed by atoms with E-state index in [1.54, 1.807) is 18.2 Å². The average Bonchev–Trinajstić information content (AvgIpc) is 2.39. The lowest BCUT2D eigenvalue weighted by Gasteiger charge is -2.33. The Morgan fingerprint density at radius 2 is 2.00 bits per heavy atom. The largest absolute Gasteiger partial charge is 0.480 e. The van der Waals surface area contributed by atoms with Crippen molar-refractivity contribution in [1.82, 2.24) is 10.3 Å². The summed E-state index contributed by atoms with van der Waals surface area (Å²) in [6.45, 7) is 0. The van der Waals surface area contributed by atoms with E-state index in [9.17, 15) is 14.7 Å². The molecule has 1 aromatic heterocycles. The van der Waals surface area contributed by atoms with Gasteiger partial charge in [0, 0.05) is 0 Å². The summed E-state index contributed by atoms with van der Waals surface area (Å²) < 4.78 is 0.661. The van der Waals surface area contributed by atoms with Crippen molar-refractivity contribution in [3.05, 3.63) is 28.5 Å². The maximum Gasteiger partial charge on any atom is 0.329 e. The zero-order valence-electron chi connectivity index (χ0n) is 11.1. The quantitative estimate of drug-likeness (QED) is 0.824. The first-order chi connectivity index (χ1) is 9.52. The van der Waals surface area contributed by atoms with Crippen LogP contribution in [0.2, 0.25) is 0 Å². The van der Waals surface area contributed by atoms with Crippen LogP contribution in [0.4, 0.5) is 0 Å². The SMILES string of the molecule is O=C(Cc1cccc(Br)n1)NC1(C(=O)O)CCCCC1. The fourth-order valence-corrected chi connectivity index (χ4v) is 2.95. The number of aliphatic carboxylic acids is 1. The highest BCUT2D eigenvalue weighted by molar-refractivity contribution is 9.10. The summed E-state index contributed by atoms with van der Waals surface area (Å²) in [5.74, 6) is -1.23. The van der Waals surface area contributed by atoms with Gasteiger partial charge in [0.05, 0.1) is 12.1 Å². The van der Waals surface area contributed by atoms with E-state index in [0.29, 0.717) is 23.1 Å². The van der Waals surface area contributed by atoms with Crippen LogP contribution in [-0.2, 0) is 16.0 Å². The van der Waals surface area contributed by atoms with Crippen molar-refractivity contribution in [2.24, 2.45) is 0 Å². The van der Waals surface area contributed by atoms with Crippen LogP contribution in [0, 0.1) is 0 Å². The standard InChI is InChI=1S/C14H17BrN2O3/c15-11-6-4-5-10(16-11)9-12(18)17-14(13(19)20)7-2-1-3-8-14/h4-6H,1-3,7-9H2,(H,17,18)(H,19,20). The molecule has 0 unspecified atom stereocenters. The van der Waals surface area contributed by atoms with E-state index >= 15 is 0 Å². The molecule has 2 N–H and O–H groups in total. The number of nitrogens with zero attached hydrogens (tertiary/aromatic N) is 1. The third kappa shape index (κ3) is 3.56. The molecule has 0 atom stereocenters. The molecule has 1 aromatic rings. The number of carbonyl (C=O) groups is 2. The number of carbonyl (C=O) groups excluding carboxylic acids is 1. The molecule has 1 heterocycles. The minimum absolute atomic E-state index is 0.0917. The monoisotopic (exact) mass is 340 g/mol. The molecule has 2 rings (SSSR count). The second kappa shape index (κ2) is 6.35. The van der Waals surface area contributed by atoms with Crippen molar-refractivity contribution in [2.75, 3.05) is 0 Å². The van der Waals surface area contributed by atoms with Crippen LogP contribution in [0.1, 0.15) is 37.8 Å². The molecule has 1 aliphatic rings. The Balaban J connectivity index is 2.03. The fourth-order valence-electron chi connectivity index (χ4n) is 2.57. The van der Waals surface area contributed by atoms with Crippen LogP contribution in [0.15, 0.2) is 22.8 Å². The molecule has 0 saturated heterocycles. The van der Waals surface area contributed by atoms with Gasteiger partial charge in [-0.15, -0.1) is 0 Å². The second-order valence-corrected chi connectivity index (χ2v) is 5.94. The topological polar surface area (TPSA) is 79.3 Å². The number of amides is 1. The molecule has 1 saturated carbocycles. The number of carboxylic acids is 1. The number of aromatic nitrogens is 1. The first-order valence-corrected chi connectivity index (χ1v) is 7.47. The molecule has 1 amide bonds. The predicted molar refractivity (Wildman–Crippen MR) is 77.2 cm³/mol. The van der Waals surface area contributed by atoms with Crippen LogP contribution in [-0.4, -0.2) is 27.5 Å². The van der Waals surface area contributed by atoms with Gasteiger partial charge in [0.25, 0.3) is 0 Å². The molecule has 1 fully saturated rings. The van der Waals surface area contributed by atoms with Gasteiger partial charge in [-0.05, 0) is 40.9 Å². The molecule has 6 heteroatoms. The minimum Gasteiger partial charge on any atom is -0.480 e. The van der Waals surface area contributed by atoms with Crippen molar-refractivity contribution in [2.45, 2.75) is 44.1 Å². The van der Waals surface area contributed by atoms with Gasteiger partial charge in [-0.25, -0.2) is 9.78 Å². The molecule has 0 spiro atoms. The van der Waals surface area contributed by atoms with Gasteiger partial charge in [-0.1, -0.05) is 25.3 Å². The van der Waals surface area contributed by atoms with Crippen molar-refractivity contribution >= 4 is 27.8 Å². The summed E-state index contributed by atoms with van der Waals surface area (Å²) in [4.78, 5) is 27.7. The zero-order chi connectivity index (χ0) is 14.6. The lowest BCUT2D eigenvalue weighted by atomic mass is 9.81. The van der Waals surface area contributed by atoms with Crippen LogP contribution >= 0.6 is 15.9 Å². The van der Waals surface area contributed by atoms with E-state index in [2.05, 4.69) is 26.2 Å². The van der Waals surface area contributed by atoms with Gasteiger partial charge in [0.15, 0.2) is 0 Å². The Hall–Kier alpha value is -1.43. The Bertz CT molecular complexity index is 513. The van der Waals surface area contributed by atoms with Gasteiger partial charge in [0.1, 0.15) is 10.1 Å². The average molecular weight is 341 g/mol. The number of rotatable bonds is 4. The molecule has 0 aromatic carbocycles. The molecule has 0 radical (unpaired) electrons. The Labute approximate surface area is 125 Å². The fraction of sp³-hybridized carbons (Fsp3) is 0.500. The maximum atomic E-state index is 12.1. The molecule has 0 aliphatic heterocycles. The molecular formula is C14H17BrN2O3. The van der Waals surface area contributed by atoms with E-state index in [4.69, 9.17) is 0 Å². The Morgan fingerprint density at radius 1 is 1.30 bits per heavy atom. The molecule has 108 valence electrons. The second-order valence-electron chi connectivity index (χ2n) is 5.12. The lowest BCUT2D eigenvalue weighted by Crippen LogP contribution is -2.56. The highest BCUT2D eigenvalue weighted by Gasteiger charge is 2.40. The van der Waals surface area contributed by atoms with Crippen molar-refractivity contribution < 1.29 is 14.7 Å². The van der Waals surface area contributed by atoms with Crippen LogP contribution in [0.5, 0.6) is 0 Å². The van der Waals surface area contributed by atoms with E-state index in [1.165, 1.54) is 0 Å². The molecular weight excluding hydrogens is 324 g/mol. The van der Waals surface area contributed by atoms with Gasteiger partial charge in [-0.2, -0.15) is 0 Å². The van der Waals surface area contributed by atoms with Gasteiger partial charge in [-0.3, -0.25) is 4.79 Å². The summed E-state index contributed by atoms with van der Waals surface area (Å²) in [5.41, 5.74) is -0.477. The molecule has 5 nitrogen and oxygen atoms in total. The first-order valence-electron chi connectivity index (χ1n) is 6.68. The van der Waals surface area contributed by atoms with E-state index in [0.717, 1.165) is 19.3 Å². The molecule has 1 aliphatic carbocycles. The first kappa shape index (κ1) is 15.0. The van der Waals surface area contributed by atoms with E-state index < -0.39 is 11.5 Å². The van der Waals surface area contributed by atoms with Crippen LogP contribution in [0.3, 0.4) is 0 Å². The highest BCUT2D eigenvalue weighted by atomic mass is 79.9. The van der Waals surface area contributed by atoms with Crippen molar-refractivity contribution in [3.63, 3.8) is 0 Å². The summed E-state index contributed by atoms with van der Waals surface area (Å²) in [6.07, 6.45) is 3.79. The number of nitrogens with one attached hydrogen (secondary N) is 1. The summed E-state index contributed by atoms with van der Waals surface area (Å²) in [7, 11) is 0. The number of carboxylic acid groups (broad SMARTS) is 1. The highest BCUT2D eigenvalue weighted by Crippen LogP contribution is 2.28. The van der Waals surface area contributed by atoms with Gasteiger partial charge >= 0.3 is 5.97 Å². The van der Waals surface area contributed by atoms with Gasteiger partial charge < -0.3 is 10.4 Å². The van der Waals surface area contributed by atoms with Crippen LogP contribution < -0.4 is 5.32 Å². The third-order valence-corrected chi connectivity index (χ3v) is 4.05. The normalized spacial score (nSPS) is 17.4. The third-order valence-electron chi connectivity index (χ3n) is 3.61. The molecule has 0 bridgehead atoms. The van der Waals surface area contributed by atoms with E-state index in [-0.39, 0.29) is 12.3 Å². The van der Waals surface area contributed by atoms with Gasteiger partial charge in [0.2, 0.25) is 5.91 Å². The number of hydrogen-bond donors (Lipinski definition) is 2. The summed E-state index contributed by atoms with van der Waals surface area (Å²) >= 11 is 3.25. The zero-order valence-corrected chi connectivity index (χ0v) is 12.6. The maximum absolute atomic E-state index is 12.1. The molecule has 20 heavy (non-hydrogen) atoms. The minimum atomic E-state index is -1.10. The van der Waals surface area contributed by atoms with Crippen molar-refractivity contribution in [3.8, 4) is 0 Å². The van der Waals surface area contributed by atoms with Crippen LogP contribution in [0.25, 0.3) is 0 Å². The number of hydrogen-bond acceptors (Lipinski definition) is 3. The smallest absolute Gasteiger partial charge is 0.329 e. The Morgan fingerprint density at radius 3 is 2.60 bits per heavy atom. The summed E-state index contributed by atoms with van der Waals surface area (Å²) in [5, 5.41) is 12.1. The lowest BCUT2D eigenvalue weighted by molar-refractivity contribution is -0.149. The predicted octanol–water partition coefficient (Wildman–Crippen LogP) is 2.29. The summed E-state index contributed by atoms with van der Waals surface area (Å²) in [6, 6.07) is 5.33. The van der Waals surface area contributed by atoms with E-state index in [1.807, 2.05) is 0 Å². The Kier molecular flexibility index (Phi) is 4.75. The number of pyridine rings is 1. The van der Waals surface area contributed by atoms with Crippen molar-refractivity contribution in [1.29, 1.82) is 0 Å². The number of halogens is 1.